The molecule has 0 saturated carbocycles. The molecule has 132 valence electrons. The van der Waals surface area contributed by atoms with E-state index in [2.05, 4.69) is 5.43 Å². The van der Waals surface area contributed by atoms with Gasteiger partial charge in [-0.05, 0) is 32.0 Å². The van der Waals surface area contributed by atoms with Gasteiger partial charge in [0.15, 0.2) is 0 Å². The van der Waals surface area contributed by atoms with E-state index in [1.807, 2.05) is 0 Å². The molecule has 0 bridgehead atoms. The number of anilines is 1. The third-order valence-electron chi connectivity index (χ3n) is 4.44. The lowest BCUT2D eigenvalue weighted by Crippen LogP contribution is -2.54. The molecule has 0 aromatic heterocycles. The van der Waals surface area contributed by atoms with E-state index in [0.29, 0.717) is 21.4 Å². The predicted octanol–water partition coefficient (Wildman–Crippen LogP) is 2.05. The Bertz CT molecular complexity index is 811. The first kappa shape index (κ1) is 17.6. The number of fused-ring (bicyclic) bond motifs is 1. The number of nitrogens with one attached hydrogen (secondary N) is 1. The standard InChI is InChI=1S/C16H15Cl2N3O4/c1-7-14-11(6-13(22)20(7)8(2)16(24)25)19-21(15(14)23)12-5-9(17)3-4-10(12)18/h3-8,14,19H,1-2H3,(H,24,25). The third-order valence-corrected chi connectivity index (χ3v) is 5.00. The van der Waals surface area contributed by atoms with Crippen LogP contribution in [0.4, 0.5) is 5.69 Å². The van der Waals surface area contributed by atoms with Crippen LogP contribution in [-0.4, -0.2) is 39.9 Å². The Morgan fingerprint density at radius 1 is 1.32 bits per heavy atom. The Kier molecular flexibility index (Phi) is 4.38. The van der Waals surface area contributed by atoms with E-state index < -0.39 is 29.9 Å². The number of carboxylic acids is 1. The van der Waals surface area contributed by atoms with E-state index in [1.54, 1.807) is 19.1 Å². The summed E-state index contributed by atoms with van der Waals surface area (Å²) in [5.74, 6) is -2.63. The number of amides is 2. The number of hydrazine groups is 1. The minimum absolute atomic E-state index is 0.319. The Morgan fingerprint density at radius 2 is 2.00 bits per heavy atom. The van der Waals surface area contributed by atoms with E-state index in [-0.39, 0.29) is 5.91 Å². The van der Waals surface area contributed by atoms with E-state index in [4.69, 9.17) is 23.2 Å². The van der Waals surface area contributed by atoms with Crippen LogP contribution >= 0.6 is 23.2 Å². The molecule has 2 heterocycles. The van der Waals surface area contributed by atoms with Crippen LogP contribution < -0.4 is 10.4 Å². The second kappa shape index (κ2) is 6.24. The number of carbonyl (C=O) groups is 3. The summed E-state index contributed by atoms with van der Waals surface area (Å²) in [6.07, 6.45) is 1.25. The SMILES string of the molecule is CC(C(=O)O)N1C(=O)C=C2NN(c3cc(Cl)ccc3Cl)C(=O)C2C1C. The number of carbonyl (C=O) groups excluding carboxylic acids is 2. The van der Waals surface area contributed by atoms with Crippen molar-refractivity contribution in [2.24, 2.45) is 5.92 Å². The van der Waals surface area contributed by atoms with Crippen LogP contribution in [0.1, 0.15) is 13.8 Å². The molecule has 1 aromatic carbocycles. The molecule has 0 spiro atoms. The largest absolute Gasteiger partial charge is 0.480 e. The summed E-state index contributed by atoms with van der Waals surface area (Å²) >= 11 is 12.1. The van der Waals surface area contributed by atoms with Gasteiger partial charge in [-0.2, -0.15) is 0 Å². The van der Waals surface area contributed by atoms with Gasteiger partial charge in [0, 0.05) is 17.1 Å². The second-order valence-electron chi connectivity index (χ2n) is 5.96. The number of halogens is 2. The molecule has 0 aliphatic carbocycles. The third kappa shape index (κ3) is 2.83. The summed E-state index contributed by atoms with van der Waals surface area (Å²) in [4.78, 5) is 37.7. The first-order valence-electron chi connectivity index (χ1n) is 7.54. The van der Waals surface area contributed by atoms with Crippen LogP contribution in [0.15, 0.2) is 30.0 Å². The highest BCUT2D eigenvalue weighted by atomic mass is 35.5. The van der Waals surface area contributed by atoms with Crippen molar-refractivity contribution in [1.29, 1.82) is 0 Å². The zero-order valence-electron chi connectivity index (χ0n) is 13.4. The van der Waals surface area contributed by atoms with Gasteiger partial charge in [-0.3, -0.25) is 15.0 Å². The highest BCUT2D eigenvalue weighted by Gasteiger charge is 2.48. The second-order valence-corrected chi connectivity index (χ2v) is 6.80. The summed E-state index contributed by atoms with van der Waals surface area (Å²) in [7, 11) is 0. The molecule has 25 heavy (non-hydrogen) atoms. The molecule has 0 radical (unpaired) electrons. The van der Waals surface area contributed by atoms with E-state index in [9.17, 15) is 19.5 Å². The highest BCUT2D eigenvalue weighted by Crippen LogP contribution is 2.37. The van der Waals surface area contributed by atoms with Crippen LogP contribution in [0.3, 0.4) is 0 Å². The molecule has 2 aliphatic rings. The number of rotatable bonds is 3. The maximum absolute atomic E-state index is 12.9. The average Bonchev–Trinajstić information content (AvgIpc) is 2.86. The average molecular weight is 384 g/mol. The maximum atomic E-state index is 12.9. The van der Waals surface area contributed by atoms with Crippen molar-refractivity contribution in [2.45, 2.75) is 25.9 Å². The number of carboxylic acid groups (broad SMARTS) is 1. The van der Waals surface area contributed by atoms with Gasteiger partial charge in [-0.15, -0.1) is 0 Å². The number of aliphatic carboxylic acids is 1. The van der Waals surface area contributed by atoms with Crippen LogP contribution in [0, 0.1) is 5.92 Å². The van der Waals surface area contributed by atoms with Crippen LogP contribution in [0.2, 0.25) is 10.0 Å². The monoisotopic (exact) mass is 383 g/mol. The molecular weight excluding hydrogens is 369 g/mol. The highest BCUT2D eigenvalue weighted by molar-refractivity contribution is 6.36. The summed E-state index contributed by atoms with van der Waals surface area (Å²) in [5.41, 5.74) is 3.66. The minimum atomic E-state index is -1.13. The zero-order valence-corrected chi connectivity index (χ0v) is 14.9. The smallest absolute Gasteiger partial charge is 0.326 e. The molecular formula is C16H15Cl2N3O4. The van der Waals surface area contributed by atoms with Gasteiger partial charge in [-0.25, -0.2) is 9.80 Å². The number of nitrogens with zero attached hydrogens (tertiary/aromatic N) is 2. The van der Waals surface area contributed by atoms with E-state index in [1.165, 1.54) is 29.0 Å². The summed E-state index contributed by atoms with van der Waals surface area (Å²) < 4.78 is 0. The van der Waals surface area contributed by atoms with Crippen molar-refractivity contribution in [3.63, 3.8) is 0 Å². The lowest BCUT2D eigenvalue weighted by Gasteiger charge is -2.37. The normalized spacial score (nSPS) is 23.9. The molecule has 3 rings (SSSR count). The number of benzene rings is 1. The lowest BCUT2D eigenvalue weighted by atomic mass is 9.91. The first-order chi connectivity index (χ1) is 11.7. The summed E-state index contributed by atoms with van der Waals surface area (Å²) in [6.45, 7) is 3.06. The molecule has 3 unspecified atom stereocenters. The maximum Gasteiger partial charge on any atom is 0.326 e. The van der Waals surface area contributed by atoms with Crippen molar-refractivity contribution >= 4 is 46.7 Å². The Morgan fingerprint density at radius 3 is 2.64 bits per heavy atom. The molecule has 2 aliphatic heterocycles. The van der Waals surface area contributed by atoms with Crippen molar-refractivity contribution in [3.8, 4) is 0 Å². The Labute approximate surface area is 153 Å². The molecule has 1 saturated heterocycles. The molecule has 2 amide bonds. The molecule has 1 fully saturated rings. The lowest BCUT2D eigenvalue weighted by molar-refractivity contribution is -0.151. The molecule has 7 nitrogen and oxygen atoms in total. The van der Waals surface area contributed by atoms with Gasteiger partial charge >= 0.3 is 5.97 Å². The quantitative estimate of drug-likeness (QED) is 0.833. The van der Waals surface area contributed by atoms with Crippen LogP contribution in [-0.2, 0) is 14.4 Å². The van der Waals surface area contributed by atoms with Crippen molar-refractivity contribution in [3.05, 3.63) is 40.0 Å². The van der Waals surface area contributed by atoms with Crippen molar-refractivity contribution in [1.82, 2.24) is 10.3 Å². The van der Waals surface area contributed by atoms with Crippen molar-refractivity contribution < 1.29 is 19.5 Å². The Hall–Kier alpha value is -2.25. The van der Waals surface area contributed by atoms with Crippen molar-refractivity contribution in [2.75, 3.05) is 5.01 Å². The van der Waals surface area contributed by atoms with Gasteiger partial charge in [0.2, 0.25) is 5.91 Å². The number of hydrogen-bond donors (Lipinski definition) is 2. The van der Waals surface area contributed by atoms with Gasteiger partial charge in [0.25, 0.3) is 5.91 Å². The van der Waals surface area contributed by atoms with Gasteiger partial charge < -0.3 is 10.0 Å². The van der Waals surface area contributed by atoms with E-state index in [0.717, 1.165) is 0 Å². The Balaban J connectivity index is 1.98. The summed E-state index contributed by atoms with van der Waals surface area (Å²) in [6, 6.07) is 3.04. The minimum Gasteiger partial charge on any atom is -0.480 e. The zero-order chi connectivity index (χ0) is 18.5. The first-order valence-corrected chi connectivity index (χ1v) is 8.30. The fraction of sp³-hybridized carbons (Fsp3) is 0.312. The summed E-state index contributed by atoms with van der Waals surface area (Å²) in [5, 5.41) is 11.2. The number of hydrogen-bond acceptors (Lipinski definition) is 4. The van der Waals surface area contributed by atoms with E-state index >= 15 is 0 Å². The fourth-order valence-corrected chi connectivity index (χ4v) is 3.55. The van der Waals surface area contributed by atoms with Gasteiger partial charge in [-0.1, -0.05) is 23.2 Å². The topological polar surface area (TPSA) is 89.9 Å². The molecule has 2 N–H and O–H groups in total. The molecule has 9 heteroatoms. The van der Waals surface area contributed by atoms with Crippen LogP contribution in [0.25, 0.3) is 0 Å². The van der Waals surface area contributed by atoms with Gasteiger partial charge in [0.1, 0.15) is 12.0 Å². The molecule has 3 atom stereocenters. The fourth-order valence-electron chi connectivity index (χ4n) is 3.18. The van der Waals surface area contributed by atoms with Crippen LogP contribution in [0.5, 0.6) is 0 Å². The van der Waals surface area contributed by atoms with Gasteiger partial charge in [0.05, 0.1) is 16.4 Å². The predicted molar refractivity (Wildman–Crippen MR) is 92.1 cm³/mol. The molecule has 1 aromatic rings.